The van der Waals surface area contributed by atoms with Gasteiger partial charge in [0.05, 0.1) is 4.90 Å². The second-order valence-electron chi connectivity index (χ2n) is 5.68. The number of nitrogen functional groups attached to an aromatic ring is 1. The normalized spacial score (nSPS) is 13.3. The van der Waals surface area contributed by atoms with E-state index >= 15 is 0 Å². The lowest BCUT2D eigenvalue weighted by atomic mass is 10.1. The molecule has 0 fully saturated rings. The maximum atomic E-state index is 11.5. The van der Waals surface area contributed by atoms with Gasteiger partial charge in [-0.2, -0.15) is 0 Å². The standard InChI is InChI=1S/C17H22N2O2S/c1-13(15-7-9-17(10-8-15)22(3,20)21)19(2)12-14-5-4-6-16(18)11-14/h4-11,13H,12,18H2,1-3H3. The fourth-order valence-electron chi connectivity index (χ4n) is 2.36. The van der Waals surface area contributed by atoms with Crippen molar-refractivity contribution in [3.63, 3.8) is 0 Å². The second-order valence-corrected chi connectivity index (χ2v) is 7.69. The van der Waals surface area contributed by atoms with Crippen LogP contribution in [-0.4, -0.2) is 26.6 Å². The minimum Gasteiger partial charge on any atom is -0.399 e. The SMILES string of the molecule is CC(c1ccc(S(C)(=O)=O)cc1)N(C)Cc1cccc(N)c1. The van der Waals surface area contributed by atoms with Crippen LogP contribution in [0.3, 0.4) is 0 Å². The van der Waals surface area contributed by atoms with Gasteiger partial charge in [-0.05, 0) is 49.4 Å². The van der Waals surface area contributed by atoms with Gasteiger partial charge in [-0.15, -0.1) is 0 Å². The molecule has 0 aliphatic heterocycles. The molecule has 2 N–H and O–H groups in total. The summed E-state index contributed by atoms with van der Waals surface area (Å²) in [5.41, 5.74) is 8.80. The van der Waals surface area contributed by atoms with Crippen LogP contribution in [0.4, 0.5) is 5.69 Å². The summed E-state index contributed by atoms with van der Waals surface area (Å²) < 4.78 is 23.0. The van der Waals surface area contributed by atoms with E-state index in [0.29, 0.717) is 4.90 Å². The molecule has 2 aromatic carbocycles. The van der Waals surface area contributed by atoms with Gasteiger partial charge >= 0.3 is 0 Å². The Morgan fingerprint density at radius 2 is 1.77 bits per heavy atom. The summed E-state index contributed by atoms with van der Waals surface area (Å²) in [5, 5.41) is 0. The van der Waals surface area contributed by atoms with Gasteiger partial charge in [0.25, 0.3) is 0 Å². The van der Waals surface area contributed by atoms with Crippen LogP contribution in [-0.2, 0) is 16.4 Å². The molecular formula is C17H22N2O2S. The zero-order chi connectivity index (χ0) is 16.3. The Morgan fingerprint density at radius 3 is 2.32 bits per heavy atom. The summed E-state index contributed by atoms with van der Waals surface area (Å²) in [6.45, 7) is 2.88. The highest BCUT2D eigenvalue weighted by atomic mass is 32.2. The number of nitrogens with zero attached hydrogens (tertiary/aromatic N) is 1. The van der Waals surface area contributed by atoms with E-state index in [1.54, 1.807) is 12.1 Å². The van der Waals surface area contributed by atoms with Gasteiger partial charge in [-0.3, -0.25) is 4.90 Å². The largest absolute Gasteiger partial charge is 0.399 e. The van der Waals surface area contributed by atoms with Crippen LogP contribution < -0.4 is 5.73 Å². The average molecular weight is 318 g/mol. The lowest BCUT2D eigenvalue weighted by molar-refractivity contribution is 0.253. The molecule has 0 aliphatic rings. The van der Waals surface area contributed by atoms with Gasteiger partial charge in [-0.25, -0.2) is 8.42 Å². The van der Waals surface area contributed by atoms with E-state index < -0.39 is 9.84 Å². The van der Waals surface area contributed by atoms with Gasteiger partial charge in [0, 0.05) is 24.5 Å². The summed E-state index contributed by atoms with van der Waals surface area (Å²) in [4.78, 5) is 2.55. The molecule has 2 aromatic rings. The Kier molecular flexibility index (Phi) is 4.88. The lowest BCUT2D eigenvalue weighted by Crippen LogP contribution is -2.22. The first-order valence-corrected chi connectivity index (χ1v) is 9.01. The Balaban J connectivity index is 2.12. The number of rotatable bonds is 5. The fraction of sp³-hybridized carbons (Fsp3) is 0.294. The maximum absolute atomic E-state index is 11.5. The number of hydrogen-bond acceptors (Lipinski definition) is 4. The molecule has 118 valence electrons. The van der Waals surface area contributed by atoms with Crippen LogP contribution in [0, 0.1) is 0 Å². The van der Waals surface area contributed by atoms with Crippen molar-refractivity contribution >= 4 is 15.5 Å². The molecule has 0 heterocycles. The van der Waals surface area contributed by atoms with Crippen molar-refractivity contribution in [1.82, 2.24) is 4.90 Å². The topological polar surface area (TPSA) is 63.4 Å². The summed E-state index contributed by atoms with van der Waals surface area (Å²) in [7, 11) is -1.11. The van der Waals surface area contributed by atoms with E-state index in [0.717, 1.165) is 23.4 Å². The lowest BCUT2D eigenvalue weighted by Gasteiger charge is -2.25. The molecule has 0 amide bonds. The maximum Gasteiger partial charge on any atom is 0.175 e. The predicted octanol–water partition coefficient (Wildman–Crippen LogP) is 2.87. The number of anilines is 1. The average Bonchev–Trinajstić information content (AvgIpc) is 2.45. The Bertz CT molecular complexity index is 740. The molecule has 0 saturated carbocycles. The third-order valence-corrected chi connectivity index (χ3v) is 4.96. The molecule has 1 atom stereocenters. The zero-order valence-electron chi connectivity index (χ0n) is 13.2. The van der Waals surface area contributed by atoms with E-state index in [2.05, 4.69) is 11.8 Å². The summed E-state index contributed by atoms with van der Waals surface area (Å²) >= 11 is 0. The molecule has 1 unspecified atom stereocenters. The number of nitrogens with two attached hydrogens (primary N) is 1. The smallest absolute Gasteiger partial charge is 0.175 e. The van der Waals surface area contributed by atoms with E-state index in [1.807, 2.05) is 43.4 Å². The zero-order valence-corrected chi connectivity index (χ0v) is 14.0. The third kappa shape index (κ3) is 4.08. The summed E-state index contributed by atoms with van der Waals surface area (Å²) in [6, 6.07) is 15.1. The molecule has 0 aromatic heterocycles. The van der Waals surface area contributed by atoms with E-state index in [4.69, 9.17) is 5.73 Å². The fourth-order valence-corrected chi connectivity index (χ4v) is 2.99. The molecule has 0 spiro atoms. The van der Waals surface area contributed by atoms with Crippen molar-refractivity contribution in [2.45, 2.75) is 24.4 Å². The Hall–Kier alpha value is -1.85. The Morgan fingerprint density at radius 1 is 1.14 bits per heavy atom. The van der Waals surface area contributed by atoms with E-state index in [1.165, 1.54) is 6.26 Å². The highest BCUT2D eigenvalue weighted by Gasteiger charge is 2.13. The van der Waals surface area contributed by atoms with Gasteiger partial charge in [0.1, 0.15) is 0 Å². The molecule has 0 bridgehead atoms. The number of hydrogen-bond donors (Lipinski definition) is 1. The van der Waals surface area contributed by atoms with E-state index in [-0.39, 0.29) is 6.04 Å². The minimum absolute atomic E-state index is 0.176. The highest BCUT2D eigenvalue weighted by Crippen LogP contribution is 2.22. The van der Waals surface area contributed by atoms with Crippen molar-refractivity contribution in [3.8, 4) is 0 Å². The number of benzene rings is 2. The van der Waals surface area contributed by atoms with Crippen LogP contribution in [0.25, 0.3) is 0 Å². The third-order valence-electron chi connectivity index (χ3n) is 3.83. The van der Waals surface area contributed by atoms with Gasteiger partial charge < -0.3 is 5.73 Å². The Labute approximate surface area is 132 Å². The molecule has 22 heavy (non-hydrogen) atoms. The first kappa shape index (κ1) is 16.5. The van der Waals surface area contributed by atoms with Crippen LogP contribution in [0.2, 0.25) is 0 Å². The minimum atomic E-state index is -3.15. The molecule has 0 radical (unpaired) electrons. The first-order valence-electron chi connectivity index (χ1n) is 7.12. The number of sulfone groups is 1. The predicted molar refractivity (Wildman–Crippen MR) is 90.3 cm³/mol. The van der Waals surface area contributed by atoms with E-state index in [9.17, 15) is 8.42 Å². The highest BCUT2D eigenvalue weighted by molar-refractivity contribution is 7.90. The van der Waals surface area contributed by atoms with Crippen molar-refractivity contribution in [2.24, 2.45) is 0 Å². The second kappa shape index (κ2) is 6.50. The first-order chi connectivity index (χ1) is 10.3. The molecule has 2 rings (SSSR count). The molecule has 0 saturated heterocycles. The molecular weight excluding hydrogens is 296 g/mol. The monoisotopic (exact) mass is 318 g/mol. The van der Waals surface area contributed by atoms with Gasteiger partial charge in [-0.1, -0.05) is 24.3 Å². The molecule has 0 aliphatic carbocycles. The van der Waals surface area contributed by atoms with Crippen LogP contribution in [0.1, 0.15) is 24.1 Å². The van der Waals surface area contributed by atoms with Crippen LogP contribution in [0.15, 0.2) is 53.4 Å². The van der Waals surface area contributed by atoms with Gasteiger partial charge in [0.15, 0.2) is 9.84 Å². The molecule has 4 nitrogen and oxygen atoms in total. The molecule has 5 heteroatoms. The summed E-state index contributed by atoms with van der Waals surface area (Å²) in [6.07, 6.45) is 1.22. The summed E-state index contributed by atoms with van der Waals surface area (Å²) in [5.74, 6) is 0. The quantitative estimate of drug-likeness (QED) is 0.861. The van der Waals surface area contributed by atoms with Crippen molar-refractivity contribution < 1.29 is 8.42 Å². The van der Waals surface area contributed by atoms with Crippen molar-refractivity contribution in [3.05, 3.63) is 59.7 Å². The van der Waals surface area contributed by atoms with Crippen molar-refractivity contribution in [1.29, 1.82) is 0 Å². The van der Waals surface area contributed by atoms with Crippen molar-refractivity contribution in [2.75, 3.05) is 19.0 Å². The van der Waals surface area contributed by atoms with Crippen LogP contribution in [0.5, 0.6) is 0 Å². The van der Waals surface area contributed by atoms with Crippen LogP contribution >= 0.6 is 0 Å². The van der Waals surface area contributed by atoms with Gasteiger partial charge in [0.2, 0.25) is 0 Å².